The minimum absolute atomic E-state index is 0.876. The third kappa shape index (κ3) is 3.32. The average Bonchev–Trinajstić information content (AvgIpc) is 2.98. The van der Waals surface area contributed by atoms with Gasteiger partial charge in [-0.2, -0.15) is 0 Å². The van der Waals surface area contributed by atoms with Gasteiger partial charge in [0, 0.05) is 30.4 Å². The first kappa shape index (κ1) is 13.0. The number of hydrogen-bond acceptors (Lipinski definition) is 3. The van der Waals surface area contributed by atoms with Gasteiger partial charge in [-0.15, -0.1) is 11.3 Å². The molecule has 2 nitrogen and oxygen atoms in total. The Morgan fingerprint density at radius 1 is 0.900 bits per heavy atom. The lowest BCUT2D eigenvalue weighted by Crippen LogP contribution is -2.11. The van der Waals surface area contributed by atoms with Crippen LogP contribution in [0.3, 0.4) is 0 Å². The van der Waals surface area contributed by atoms with E-state index in [2.05, 4.69) is 46.0 Å². The quantitative estimate of drug-likeness (QED) is 0.761. The number of nitrogens with one attached hydrogen (secondary N) is 1. The van der Waals surface area contributed by atoms with Gasteiger partial charge in [0.1, 0.15) is 0 Å². The maximum absolute atomic E-state index is 4.02. The lowest BCUT2D eigenvalue weighted by molar-refractivity contribution is 0.700. The Bertz CT molecular complexity index is 647. The summed E-state index contributed by atoms with van der Waals surface area (Å²) < 4.78 is 0. The van der Waals surface area contributed by atoms with Gasteiger partial charge in [0.15, 0.2) is 0 Å². The summed E-state index contributed by atoms with van der Waals surface area (Å²) in [7, 11) is 0. The molecule has 0 spiro atoms. The molecule has 0 saturated carbocycles. The zero-order chi connectivity index (χ0) is 13.6. The molecule has 1 aromatic carbocycles. The first-order chi connectivity index (χ1) is 9.92. The highest BCUT2D eigenvalue weighted by Gasteiger charge is 2.02. The van der Waals surface area contributed by atoms with Crippen LogP contribution in [0.5, 0.6) is 0 Å². The van der Waals surface area contributed by atoms with E-state index in [1.54, 1.807) is 11.3 Å². The van der Waals surface area contributed by atoms with Crippen molar-refractivity contribution in [1.29, 1.82) is 0 Å². The van der Waals surface area contributed by atoms with Gasteiger partial charge in [-0.1, -0.05) is 30.3 Å². The molecule has 0 unspecified atom stereocenters. The van der Waals surface area contributed by atoms with Gasteiger partial charge in [-0.05, 0) is 40.3 Å². The van der Waals surface area contributed by atoms with Crippen LogP contribution in [0.25, 0.3) is 11.1 Å². The minimum Gasteiger partial charge on any atom is -0.308 e. The molecule has 0 saturated heterocycles. The largest absolute Gasteiger partial charge is 0.308 e. The third-order valence-corrected chi connectivity index (χ3v) is 4.08. The Morgan fingerprint density at radius 2 is 1.70 bits per heavy atom. The van der Waals surface area contributed by atoms with Gasteiger partial charge in [0.25, 0.3) is 0 Å². The second kappa shape index (κ2) is 6.46. The zero-order valence-corrected chi connectivity index (χ0v) is 11.9. The Kier molecular flexibility index (Phi) is 4.21. The van der Waals surface area contributed by atoms with Gasteiger partial charge in [-0.3, -0.25) is 4.98 Å². The zero-order valence-electron chi connectivity index (χ0n) is 11.1. The van der Waals surface area contributed by atoms with Gasteiger partial charge >= 0.3 is 0 Å². The number of aromatic nitrogens is 1. The summed E-state index contributed by atoms with van der Waals surface area (Å²) in [5, 5.41) is 5.69. The first-order valence-electron chi connectivity index (χ1n) is 6.64. The normalized spacial score (nSPS) is 10.6. The molecular weight excluding hydrogens is 264 g/mol. The Morgan fingerprint density at radius 3 is 2.50 bits per heavy atom. The van der Waals surface area contributed by atoms with Crippen molar-refractivity contribution >= 4 is 11.3 Å². The number of thiophene rings is 1. The fourth-order valence-corrected chi connectivity index (χ4v) is 2.95. The number of hydrogen-bond donors (Lipinski definition) is 1. The van der Waals surface area contributed by atoms with E-state index in [9.17, 15) is 0 Å². The van der Waals surface area contributed by atoms with E-state index in [0.717, 1.165) is 13.1 Å². The highest BCUT2D eigenvalue weighted by Crippen LogP contribution is 2.25. The Hall–Kier alpha value is -1.97. The van der Waals surface area contributed by atoms with Crippen molar-refractivity contribution in [2.75, 3.05) is 0 Å². The number of rotatable bonds is 5. The van der Waals surface area contributed by atoms with Crippen molar-refractivity contribution in [3.8, 4) is 11.1 Å². The van der Waals surface area contributed by atoms with Crippen LogP contribution in [0.15, 0.2) is 66.3 Å². The van der Waals surface area contributed by atoms with E-state index >= 15 is 0 Å². The number of nitrogens with zero attached hydrogens (tertiary/aromatic N) is 1. The molecule has 0 amide bonds. The summed E-state index contributed by atoms with van der Waals surface area (Å²) in [5.41, 5.74) is 3.85. The van der Waals surface area contributed by atoms with Crippen LogP contribution in [0.4, 0.5) is 0 Å². The topological polar surface area (TPSA) is 24.9 Å². The molecule has 3 heteroatoms. The van der Waals surface area contributed by atoms with E-state index in [0.29, 0.717) is 0 Å². The summed E-state index contributed by atoms with van der Waals surface area (Å²) in [6.45, 7) is 1.78. The fraction of sp³-hybridized carbons (Fsp3) is 0.118. The molecule has 0 aliphatic carbocycles. The lowest BCUT2D eigenvalue weighted by Gasteiger charge is -2.02. The first-order valence-corrected chi connectivity index (χ1v) is 7.52. The lowest BCUT2D eigenvalue weighted by atomic mass is 10.1. The molecule has 2 heterocycles. The standard InChI is InChI=1S/C17H16N2S/c1-2-4-15(5-3-1)16-10-17(20-13-16)12-19-11-14-6-8-18-9-7-14/h1-10,13,19H,11-12H2. The van der Waals surface area contributed by atoms with Gasteiger partial charge in [0.2, 0.25) is 0 Å². The van der Waals surface area contributed by atoms with Crippen molar-refractivity contribution in [3.05, 3.63) is 76.7 Å². The third-order valence-electron chi connectivity index (χ3n) is 3.14. The summed E-state index contributed by atoms with van der Waals surface area (Å²) >= 11 is 1.80. The second-order valence-corrected chi connectivity index (χ2v) is 5.62. The highest BCUT2D eigenvalue weighted by atomic mass is 32.1. The molecule has 1 N–H and O–H groups in total. The molecule has 0 aliphatic heterocycles. The van der Waals surface area contributed by atoms with E-state index in [-0.39, 0.29) is 0 Å². The van der Waals surface area contributed by atoms with E-state index in [1.807, 2.05) is 30.6 Å². The maximum Gasteiger partial charge on any atom is 0.0303 e. The van der Waals surface area contributed by atoms with E-state index in [1.165, 1.54) is 21.6 Å². The summed E-state index contributed by atoms with van der Waals surface area (Å²) in [6, 6.07) is 16.8. The molecular formula is C17H16N2S. The second-order valence-electron chi connectivity index (χ2n) is 4.63. The Labute approximate surface area is 123 Å². The monoisotopic (exact) mass is 280 g/mol. The molecule has 0 atom stereocenters. The summed E-state index contributed by atoms with van der Waals surface area (Å²) in [5.74, 6) is 0. The SMILES string of the molecule is c1ccc(-c2csc(CNCc3ccncc3)c2)cc1. The molecule has 3 aromatic rings. The summed E-state index contributed by atoms with van der Waals surface area (Å²) in [4.78, 5) is 5.38. The van der Waals surface area contributed by atoms with Crippen LogP contribution < -0.4 is 5.32 Å². The fourth-order valence-electron chi connectivity index (χ4n) is 2.09. The molecule has 0 bridgehead atoms. The van der Waals surface area contributed by atoms with Crippen molar-refractivity contribution < 1.29 is 0 Å². The molecule has 0 radical (unpaired) electrons. The predicted molar refractivity (Wildman–Crippen MR) is 84.5 cm³/mol. The Balaban J connectivity index is 1.58. The summed E-state index contributed by atoms with van der Waals surface area (Å²) in [6.07, 6.45) is 3.66. The molecule has 0 aliphatic rings. The molecule has 0 fully saturated rings. The van der Waals surface area contributed by atoms with Crippen LogP contribution >= 0.6 is 11.3 Å². The number of pyridine rings is 1. The van der Waals surface area contributed by atoms with Crippen LogP contribution in [0.1, 0.15) is 10.4 Å². The van der Waals surface area contributed by atoms with Crippen LogP contribution in [-0.4, -0.2) is 4.98 Å². The van der Waals surface area contributed by atoms with Crippen LogP contribution in [0.2, 0.25) is 0 Å². The van der Waals surface area contributed by atoms with Crippen molar-refractivity contribution in [2.45, 2.75) is 13.1 Å². The van der Waals surface area contributed by atoms with E-state index in [4.69, 9.17) is 0 Å². The van der Waals surface area contributed by atoms with Crippen molar-refractivity contribution in [1.82, 2.24) is 10.3 Å². The number of benzene rings is 1. The van der Waals surface area contributed by atoms with E-state index < -0.39 is 0 Å². The minimum atomic E-state index is 0.876. The van der Waals surface area contributed by atoms with Gasteiger partial charge < -0.3 is 5.32 Å². The highest BCUT2D eigenvalue weighted by molar-refractivity contribution is 7.10. The maximum atomic E-state index is 4.02. The van der Waals surface area contributed by atoms with Crippen LogP contribution in [-0.2, 0) is 13.1 Å². The smallest absolute Gasteiger partial charge is 0.0303 e. The average molecular weight is 280 g/mol. The van der Waals surface area contributed by atoms with Gasteiger partial charge in [0.05, 0.1) is 0 Å². The molecule has 20 heavy (non-hydrogen) atoms. The van der Waals surface area contributed by atoms with Crippen molar-refractivity contribution in [2.24, 2.45) is 0 Å². The molecule has 3 rings (SSSR count). The van der Waals surface area contributed by atoms with Crippen LogP contribution in [0, 0.1) is 0 Å². The van der Waals surface area contributed by atoms with Gasteiger partial charge in [-0.25, -0.2) is 0 Å². The predicted octanol–water partition coefficient (Wildman–Crippen LogP) is 4.10. The van der Waals surface area contributed by atoms with Crippen molar-refractivity contribution in [3.63, 3.8) is 0 Å². The molecule has 100 valence electrons. The molecule has 2 aromatic heterocycles.